The van der Waals surface area contributed by atoms with Gasteiger partial charge in [0.2, 0.25) is 0 Å². The summed E-state index contributed by atoms with van der Waals surface area (Å²) in [5, 5.41) is 22.2. The second-order valence-corrected chi connectivity index (χ2v) is 9.31. The van der Waals surface area contributed by atoms with Crippen molar-refractivity contribution in [2.24, 2.45) is 9.98 Å². The van der Waals surface area contributed by atoms with Crippen molar-refractivity contribution < 1.29 is 10.2 Å². The number of nitrogens with zero attached hydrogens (tertiary/aromatic N) is 2. The maximum Gasteiger partial charge on any atom is 0.124 e. The highest BCUT2D eigenvalue weighted by atomic mass is 35.5. The van der Waals surface area contributed by atoms with Crippen LogP contribution in [0.1, 0.15) is 22.3 Å². The number of hydrogen-bond acceptors (Lipinski definition) is 4. The molecule has 0 fully saturated rings. The lowest BCUT2D eigenvalue weighted by Gasteiger charge is -2.07. The molecule has 0 amide bonds. The minimum absolute atomic E-state index is 0.109. The van der Waals surface area contributed by atoms with Crippen LogP contribution in [-0.2, 0) is 6.42 Å². The van der Waals surface area contributed by atoms with Gasteiger partial charge in [-0.3, -0.25) is 9.98 Å². The molecule has 0 atom stereocenters. The number of halogens is 4. The van der Waals surface area contributed by atoms with E-state index in [1.165, 1.54) is 0 Å². The van der Waals surface area contributed by atoms with Crippen LogP contribution >= 0.6 is 46.4 Å². The first-order valence-electron chi connectivity index (χ1n) is 10.4. The highest BCUT2D eigenvalue weighted by Crippen LogP contribution is 2.29. The molecule has 0 aliphatic carbocycles. The molecule has 0 aromatic heterocycles. The zero-order valence-corrected chi connectivity index (χ0v) is 21.1. The predicted molar refractivity (Wildman–Crippen MR) is 146 cm³/mol. The van der Waals surface area contributed by atoms with Crippen molar-refractivity contribution in [3.8, 4) is 11.5 Å². The molecule has 0 bridgehead atoms. The minimum Gasteiger partial charge on any atom is -0.507 e. The van der Waals surface area contributed by atoms with E-state index in [1.54, 1.807) is 61.0 Å². The molecule has 0 aliphatic rings. The van der Waals surface area contributed by atoms with Gasteiger partial charge in [0, 0.05) is 23.6 Å². The first kappa shape index (κ1) is 25.1. The van der Waals surface area contributed by atoms with E-state index in [1.807, 2.05) is 24.3 Å². The Morgan fingerprint density at radius 3 is 1.37 bits per heavy atom. The predicted octanol–water partition coefficient (Wildman–Crippen LogP) is 8.80. The Bertz CT molecular complexity index is 1340. The molecule has 0 saturated carbocycles. The molecule has 35 heavy (non-hydrogen) atoms. The first-order chi connectivity index (χ1) is 16.8. The Morgan fingerprint density at radius 1 is 0.543 bits per heavy atom. The van der Waals surface area contributed by atoms with Gasteiger partial charge in [0.1, 0.15) is 11.5 Å². The number of benzene rings is 4. The lowest BCUT2D eigenvalue weighted by atomic mass is 10.0. The zero-order valence-electron chi connectivity index (χ0n) is 18.1. The lowest BCUT2D eigenvalue weighted by Crippen LogP contribution is -1.93. The van der Waals surface area contributed by atoms with Gasteiger partial charge in [-0.15, -0.1) is 0 Å². The topological polar surface area (TPSA) is 65.2 Å². The number of aliphatic imine (C=N–C) groups is 2. The van der Waals surface area contributed by atoms with Crippen molar-refractivity contribution in [2.45, 2.75) is 6.42 Å². The monoisotopic (exact) mass is 542 g/mol. The maximum absolute atomic E-state index is 10.3. The second-order valence-electron chi connectivity index (χ2n) is 7.68. The standard InChI is InChI=1S/C27H18Cl4N2O2/c28-22-5-3-20(12-24(22)30)32-14-18-10-16(1-7-26(18)34)9-17-2-8-27(35)19(11-17)15-33-21-4-6-23(29)25(31)13-21/h1-8,10-15,34-35H,9H2. The molecule has 4 nitrogen and oxygen atoms in total. The summed E-state index contributed by atoms with van der Waals surface area (Å²) < 4.78 is 0. The van der Waals surface area contributed by atoms with E-state index in [0.29, 0.717) is 49.0 Å². The molecule has 0 aliphatic heterocycles. The molecule has 176 valence electrons. The third kappa shape index (κ3) is 6.56. The third-order valence-corrected chi connectivity index (χ3v) is 6.58. The molecule has 4 aromatic carbocycles. The SMILES string of the molecule is Oc1ccc(Cc2ccc(O)c(C=Nc3ccc(Cl)c(Cl)c3)c2)cc1C=Nc1ccc(Cl)c(Cl)c1. The van der Waals surface area contributed by atoms with Crippen LogP contribution in [0.3, 0.4) is 0 Å². The Balaban J connectivity index is 1.54. The van der Waals surface area contributed by atoms with Crippen molar-refractivity contribution in [1.29, 1.82) is 0 Å². The van der Waals surface area contributed by atoms with Crippen LogP contribution < -0.4 is 0 Å². The van der Waals surface area contributed by atoms with E-state index in [4.69, 9.17) is 46.4 Å². The quantitative estimate of drug-likeness (QED) is 0.238. The smallest absolute Gasteiger partial charge is 0.124 e. The summed E-state index contributed by atoms with van der Waals surface area (Å²) in [7, 11) is 0. The fraction of sp³-hybridized carbons (Fsp3) is 0.0370. The Morgan fingerprint density at radius 2 is 0.971 bits per heavy atom. The van der Waals surface area contributed by atoms with Gasteiger partial charge in [-0.25, -0.2) is 0 Å². The highest BCUT2D eigenvalue weighted by molar-refractivity contribution is 6.42. The van der Waals surface area contributed by atoms with Crippen LogP contribution in [-0.4, -0.2) is 22.6 Å². The van der Waals surface area contributed by atoms with E-state index in [0.717, 1.165) is 11.1 Å². The summed E-state index contributed by atoms with van der Waals surface area (Å²) >= 11 is 24.0. The van der Waals surface area contributed by atoms with Gasteiger partial charge in [-0.2, -0.15) is 0 Å². The van der Waals surface area contributed by atoms with Crippen LogP contribution in [0.2, 0.25) is 20.1 Å². The minimum atomic E-state index is 0.109. The van der Waals surface area contributed by atoms with Crippen molar-refractivity contribution in [3.63, 3.8) is 0 Å². The van der Waals surface area contributed by atoms with Gasteiger partial charge in [-0.05, 0) is 78.2 Å². The van der Waals surface area contributed by atoms with Crippen molar-refractivity contribution >= 4 is 70.2 Å². The van der Waals surface area contributed by atoms with Gasteiger partial charge < -0.3 is 10.2 Å². The van der Waals surface area contributed by atoms with Gasteiger partial charge >= 0.3 is 0 Å². The number of phenolic OH excluding ortho intramolecular Hbond substituents is 2. The molecule has 8 heteroatoms. The molecular weight excluding hydrogens is 526 g/mol. The van der Waals surface area contributed by atoms with Crippen LogP contribution in [0, 0.1) is 0 Å². The van der Waals surface area contributed by atoms with Crippen LogP contribution in [0.15, 0.2) is 82.8 Å². The molecular formula is C27H18Cl4N2O2. The Kier molecular flexibility index (Phi) is 7.99. The molecule has 0 unspecified atom stereocenters. The summed E-state index contributed by atoms with van der Waals surface area (Å²) in [5.41, 5.74) is 4.28. The fourth-order valence-corrected chi connectivity index (χ4v) is 3.87. The van der Waals surface area contributed by atoms with Gasteiger partial charge in [0.15, 0.2) is 0 Å². The number of hydrogen-bond donors (Lipinski definition) is 2. The lowest BCUT2D eigenvalue weighted by molar-refractivity contribution is 0.474. The highest BCUT2D eigenvalue weighted by Gasteiger charge is 2.06. The average Bonchev–Trinajstić information content (AvgIpc) is 2.84. The Labute approximate surface area is 222 Å². The summed E-state index contributed by atoms with van der Waals surface area (Å²) in [4.78, 5) is 8.76. The molecule has 2 N–H and O–H groups in total. The largest absolute Gasteiger partial charge is 0.507 e. The van der Waals surface area contributed by atoms with Crippen molar-refractivity contribution in [2.75, 3.05) is 0 Å². The van der Waals surface area contributed by atoms with E-state index >= 15 is 0 Å². The van der Waals surface area contributed by atoms with Crippen molar-refractivity contribution in [3.05, 3.63) is 115 Å². The summed E-state index contributed by atoms with van der Waals surface area (Å²) in [5.74, 6) is 0.218. The van der Waals surface area contributed by atoms with Crippen LogP contribution in [0.5, 0.6) is 11.5 Å². The second kappa shape index (κ2) is 11.1. The fourth-order valence-electron chi connectivity index (χ4n) is 3.29. The number of phenols is 2. The van der Waals surface area contributed by atoms with Crippen molar-refractivity contribution in [1.82, 2.24) is 0 Å². The summed E-state index contributed by atoms with van der Waals surface area (Å²) in [6.07, 6.45) is 3.72. The van der Waals surface area contributed by atoms with Gasteiger partial charge in [-0.1, -0.05) is 58.5 Å². The first-order valence-corrected chi connectivity index (χ1v) is 11.9. The zero-order chi connectivity index (χ0) is 24.9. The summed E-state index contributed by atoms with van der Waals surface area (Å²) in [6.45, 7) is 0. The average molecular weight is 544 g/mol. The van der Waals surface area contributed by atoms with E-state index in [9.17, 15) is 10.2 Å². The maximum atomic E-state index is 10.3. The molecule has 0 spiro atoms. The van der Waals surface area contributed by atoms with Gasteiger partial charge in [0.25, 0.3) is 0 Å². The normalized spacial score (nSPS) is 11.5. The van der Waals surface area contributed by atoms with E-state index in [-0.39, 0.29) is 11.5 Å². The molecule has 0 radical (unpaired) electrons. The molecule has 0 saturated heterocycles. The molecule has 4 rings (SSSR count). The van der Waals surface area contributed by atoms with E-state index < -0.39 is 0 Å². The van der Waals surface area contributed by atoms with E-state index in [2.05, 4.69) is 9.98 Å². The number of aromatic hydroxyl groups is 2. The Hall–Kier alpha value is -3.02. The number of rotatable bonds is 6. The molecule has 4 aromatic rings. The van der Waals surface area contributed by atoms with Crippen LogP contribution in [0.25, 0.3) is 0 Å². The summed E-state index contributed by atoms with van der Waals surface area (Å²) in [6, 6.07) is 20.7. The molecule has 0 heterocycles. The third-order valence-electron chi connectivity index (χ3n) is 5.10. The van der Waals surface area contributed by atoms with Gasteiger partial charge in [0.05, 0.1) is 31.5 Å². The van der Waals surface area contributed by atoms with Crippen LogP contribution in [0.4, 0.5) is 11.4 Å².